The van der Waals surface area contributed by atoms with Crippen molar-refractivity contribution < 1.29 is 14.3 Å². The highest BCUT2D eigenvalue weighted by atomic mass is 16.7. The van der Waals surface area contributed by atoms with Crippen LogP contribution < -0.4 is 20.8 Å². The van der Waals surface area contributed by atoms with Crippen LogP contribution in [0.25, 0.3) is 0 Å². The van der Waals surface area contributed by atoms with Gasteiger partial charge in [0.25, 0.3) is 11.5 Å². The van der Waals surface area contributed by atoms with Crippen LogP contribution in [0.1, 0.15) is 22.5 Å². The summed E-state index contributed by atoms with van der Waals surface area (Å²) in [6.07, 6.45) is 0.853. The van der Waals surface area contributed by atoms with Crippen molar-refractivity contribution in [2.75, 3.05) is 32.7 Å². The molecule has 9 heteroatoms. The number of hydrogen-bond acceptors (Lipinski definition) is 7. The third kappa shape index (κ3) is 3.59. The highest BCUT2D eigenvalue weighted by molar-refractivity contribution is 5.95. The van der Waals surface area contributed by atoms with E-state index in [1.54, 1.807) is 18.2 Å². The second-order valence-corrected chi connectivity index (χ2v) is 6.80. The highest BCUT2D eigenvalue weighted by Gasteiger charge is 2.30. The number of benzene rings is 1. The predicted molar refractivity (Wildman–Crippen MR) is 97.6 cm³/mol. The number of nitrogens with two attached hydrogens (primary N) is 1. The van der Waals surface area contributed by atoms with Gasteiger partial charge in [-0.3, -0.25) is 19.5 Å². The fraction of sp³-hybridized carbons (Fsp3) is 0.389. The van der Waals surface area contributed by atoms with Crippen LogP contribution in [0.15, 0.2) is 29.1 Å². The molecule has 1 atom stereocenters. The second-order valence-electron chi connectivity index (χ2n) is 6.80. The van der Waals surface area contributed by atoms with E-state index in [0.717, 1.165) is 6.42 Å². The molecular formula is C18H21N5O4. The fourth-order valence-electron chi connectivity index (χ4n) is 3.49. The molecule has 142 valence electrons. The lowest BCUT2D eigenvalue weighted by molar-refractivity contribution is 0.0779. The molecule has 2 aliphatic heterocycles. The van der Waals surface area contributed by atoms with Crippen molar-refractivity contribution in [2.24, 2.45) is 0 Å². The third-order valence-electron chi connectivity index (χ3n) is 4.92. The molecule has 0 saturated carbocycles. The minimum atomic E-state index is -0.267. The monoisotopic (exact) mass is 371 g/mol. The average molecular weight is 371 g/mol. The van der Waals surface area contributed by atoms with E-state index < -0.39 is 0 Å². The predicted octanol–water partition coefficient (Wildman–Crippen LogP) is 0.427. The largest absolute Gasteiger partial charge is 0.454 e. The van der Waals surface area contributed by atoms with E-state index in [1.807, 2.05) is 11.9 Å². The summed E-state index contributed by atoms with van der Waals surface area (Å²) in [6, 6.07) is 6.88. The van der Waals surface area contributed by atoms with Crippen LogP contribution >= 0.6 is 0 Å². The lowest BCUT2D eigenvalue weighted by Gasteiger charge is -2.24. The summed E-state index contributed by atoms with van der Waals surface area (Å²) >= 11 is 0. The summed E-state index contributed by atoms with van der Waals surface area (Å²) in [5, 5.41) is 0. The number of amides is 1. The molecule has 1 saturated heterocycles. The van der Waals surface area contributed by atoms with Crippen molar-refractivity contribution in [1.29, 1.82) is 0 Å². The molecule has 0 bridgehead atoms. The van der Waals surface area contributed by atoms with Gasteiger partial charge in [0.05, 0.1) is 5.69 Å². The zero-order chi connectivity index (χ0) is 19.0. The molecule has 3 heterocycles. The Kier molecular flexibility index (Phi) is 4.44. The van der Waals surface area contributed by atoms with Gasteiger partial charge in [-0.05, 0) is 31.7 Å². The van der Waals surface area contributed by atoms with Gasteiger partial charge in [0, 0.05) is 37.3 Å². The molecule has 0 spiro atoms. The molecule has 3 N–H and O–H groups in total. The summed E-state index contributed by atoms with van der Waals surface area (Å²) in [5.74, 6) is 1.35. The number of rotatable bonds is 4. The molecule has 1 unspecified atom stereocenters. The molecule has 1 fully saturated rings. The van der Waals surface area contributed by atoms with Gasteiger partial charge >= 0.3 is 0 Å². The number of nitrogens with zero attached hydrogens (tertiary/aromatic N) is 3. The van der Waals surface area contributed by atoms with Crippen molar-refractivity contribution in [2.45, 2.75) is 19.0 Å². The maximum Gasteiger partial charge on any atom is 0.254 e. The van der Waals surface area contributed by atoms with Crippen LogP contribution in [0.2, 0.25) is 0 Å². The normalized spacial score (nSPS) is 18.3. The molecule has 4 rings (SSSR count). The Balaban J connectivity index is 1.40. The van der Waals surface area contributed by atoms with E-state index in [4.69, 9.17) is 15.2 Å². The van der Waals surface area contributed by atoms with Gasteiger partial charge in [0.2, 0.25) is 12.7 Å². The molecule has 9 nitrogen and oxygen atoms in total. The number of carbonyl (C=O) groups excluding carboxylic acids is 1. The summed E-state index contributed by atoms with van der Waals surface area (Å²) in [7, 11) is 1.96. The Hall–Kier alpha value is -3.07. The SMILES string of the molecule is CN(Cc1cc(=O)[nH]c(N)n1)C1CCN(C(=O)c2ccc3c(c2)OCO3)C1. The van der Waals surface area contributed by atoms with Crippen LogP contribution in [-0.2, 0) is 6.54 Å². The molecular weight excluding hydrogens is 350 g/mol. The van der Waals surface area contributed by atoms with E-state index in [9.17, 15) is 9.59 Å². The summed E-state index contributed by atoms with van der Waals surface area (Å²) in [6.45, 7) is 1.96. The van der Waals surface area contributed by atoms with Gasteiger partial charge in [-0.2, -0.15) is 0 Å². The molecule has 2 aliphatic rings. The van der Waals surface area contributed by atoms with Crippen LogP contribution in [0.5, 0.6) is 11.5 Å². The van der Waals surface area contributed by atoms with Crippen molar-refractivity contribution in [3.8, 4) is 11.5 Å². The van der Waals surface area contributed by atoms with Gasteiger partial charge in [-0.1, -0.05) is 0 Å². The van der Waals surface area contributed by atoms with Crippen LogP contribution in [0.4, 0.5) is 5.95 Å². The summed E-state index contributed by atoms with van der Waals surface area (Å²) in [4.78, 5) is 34.8. The van der Waals surface area contributed by atoms with Crippen molar-refractivity contribution >= 4 is 11.9 Å². The average Bonchev–Trinajstić information content (AvgIpc) is 3.29. The minimum Gasteiger partial charge on any atom is -0.454 e. The first kappa shape index (κ1) is 17.3. The molecule has 0 radical (unpaired) electrons. The van der Waals surface area contributed by atoms with Gasteiger partial charge in [0.1, 0.15) is 0 Å². The van der Waals surface area contributed by atoms with E-state index in [1.165, 1.54) is 6.07 Å². The maximum atomic E-state index is 12.8. The third-order valence-corrected chi connectivity index (χ3v) is 4.92. The number of likely N-dealkylation sites (tertiary alicyclic amines) is 1. The quantitative estimate of drug-likeness (QED) is 0.801. The van der Waals surface area contributed by atoms with E-state index in [2.05, 4.69) is 14.9 Å². The lowest BCUT2D eigenvalue weighted by atomic mass is 10.2. The van der Waals surface area contributed by atoms with Gasteiger partial charge in [-0.15, -0.1) is 0 Å². The number of nitrogen functional groups attached to an aromatic ring is 1. The van der Waals surface area contributed by atoms with Crippen molar-refractivity contribution in [3.63, 3.8) is 0 Å². The number of hydrogen-bond donors (Lipinski definition) is 2. The van der Waals surface area contributed by atoms with Gasteiger partial charge < -0.3 is 20.1 Å². The Bertz CT molecular complexity index is 928. The molecule has 27 heavy (non-hydrogen) atoms. The van der Waals surface area contributed by atoms with Crippen LogP contribution in [0.3, 0.4) is 0 Å². The highest BCUT2D eigenvalue weighted by Crippen LogP contribution is 2.33. The molecule has 1 aromatic carbocycles. The van der Waals surface area contributed by atoms with E-state index >= 15 is 0 Å². The standard InChI is InChI=1S/C18H21N5O4/c1-22(8-12-7-16(24)21-18(19)20-12)13-4-5-23(9-13)17(25)11-2-3-14-15(6-11)27-10-26-14/h2-3,6-7,13H,4-5,8-10H2,1H3,(H3,19,20,21,24). The fourth-order valence-corrected chi connectivity index (χ4v) is 3.49. The zero-order valence-corrected chi connectivity index (χ0v) is 15.0. The minimum absolute atomic E-state index is 0.0253. The number of anilines is 1. The van der Waals surface area contributed by atoms with E-state index in [-0.39, 0.29) is 30.2 Å². The van der Waals surface area contributed by atoms with Crippen LogP contribution in [-0.4, -0.2) is 58.6 Å². The number of aromatic nitrogens is 2. The number of carbonyl (C=O) groups is 1. The summed E-state index contributed by atoms with van der Waals surface area (Å²) in [5.41, 5.74) is 6.53. The first-order valence-electron chi connectivity index (χ1n) is 8.74. The molecule has 0 aliphatic carbocycles. The zero-order valence-electron chi connectivity index (χ0n) is 15.0. The Labute approximate surface area is 155 Å². The number of H-pyrrole nitrogens is 1. The molecule has 1 aromatic heterocycles. The number of nitrogens with one attached hydrogen (secondary N) is 1. The summed E-state index contributed by atoms with van der Waals surface area (Å²) < 4.78 is 10.6. The van der Waals surface area contributed by atoms with Gasteiger partial charge in [-0.25, -0.2) is 4.98 Å². The topological polar surface area (TPSA) is 114 Å². The lowest BCUT2D eigenvalue weighted by Crippen LogP contribution is -2.36. The van der Waals surface area contributed by atoms with Gasteiger partial charge in [0.15, 0.2) is 11.5 Å². The molecule has 1 amide bonds. The maximum absolute atomic E-state index is 12.8. The number of likely N-dealkylation sites (N-methyl/N-ethyl adjacent to an activating group) is 1. The van der Waals surface area contributed by atoms with E-state index in [0.29, 0.717) is 42.4 Å². The second kappa shape index (κ2) is 6.92. The Morgan fingerprint density at radius 2 is 2.19 bits per heavy atom. The smallest absolute Gasteiger partial charge is 0.254 e. The first-order chi connectivity index (χ1) is 13.0. The first-order valence-corrected chi connectivity index (χ1v) is 8.74. The number of ether oxygens (including phenoxy) is 2. The van der Waals surface area contributed by atoms with Crippen LogP contribution in [0, 0.1) is 0 Å². The van der Waals surface area contributed by atoms with Crippen molar-refractivity contribution in [1.82, 2.24) is 19.8 Å². The van der Waals surface area contributed by atoms with Crippen molar-refractivity contribution in [3.05, 3.63) is 45.9 Å². The molecule has 2 aromatic rings. The number of fused-ring (bicyclic) bond motifs is 1. The number of aromatic amines is 1. The Morgan fingerprint density at radius 1 is 1.37 bits per heavy atom. The Morgan fingerprint density at radius 3 is 3.00 bits per heavy atom.